The van der Waals surface area contributed by atoms with Gasteiger partial charge in [0.15, 0.2) is 0 Å². The van der Waals surface area contributed by atoms with Gasteiger partial charge in [-0.05, 0) is 18.9 Å². The summed E-state index contributed by atoms with van der Waals surface area (Å²) in [7, 11) is 0. The maximum Gasteiger partial charge on any atom is 0.252 e. The van der Waals surface area contributed by atoms with Gasteiger partial charge in [-0.3, -0.25) is 19.7 Å². The first kappa shape index (κ1) is 13.9. The molecule has 5 heteroatoms. The number of hydrogen-bond donors (Lipinski definition) is 2. The molecule has 2 N–H and O–H groups in total. The Morgan fingerprint density at radius 3 is 2.56 bits per heavy atom. The van der Waals surface area contributed by atoms with Crippen LogP contribution in [0.3, 0.4) is 0 Å². The van der Waals surface area contributed by atoms with Crippen molar-refractivity contribution in [3.8, 4) is 0 Å². The van der Waals surface area contributed by atoms with Crippen LogP contribution in [0.25, 0.3) is 0 Å². The highest BCUT2D eigenvalue weighted by molar-refractivity contribution is 6.04. The molecule has 0 aromatic rings. The van der Waals surface area contributed by atoms with E-state index >= 15 is 0 Å². The van der Waals surface area contributed by atoms with Crippen molar-refractivity contribution in [3.63, 3.8) is 0 Å². The quantitative estimate of drug-likeness (QED) is 0.434. The molecule has 5 nitrogen and oxygen atoms in total. The Bertz CT molecular complexity index is 449. The van der Waals surface area contributed by atoms with Gasteiger partial charge in [-0.2, -0.15) is 0 Å². The number of hydrogen-bond acceptors (Lipinski definition) is 3. The molecule has 3 amide bonds. The zero-order chi connectivity index (χ0) is 13.7. The van der Waals surface area contributed by atoms with Crippen LogP contribution in [-0.4, -0.2) is 23.8 Å². The van der Waals surface area contributed by atoms with E-state index in [1.165, 1.54) is 6.08 Å². The Labute approximate surface area is 106 Å². The number of rotatable bonds is 4. The Morgan fingerprint density at radius 1 is 1.39 bits per heavy atom. The Hall–Kier alpha value is -2.17. The van der Waals surface area contributed by atoms with Crippen LogP contribution in [0.15, 0.2) is 36.5 Å². The molecular weight excluding hydrogens is 232 g/mol. The zero-order valence-corrected chi connectivity index (χ0v) is 10.3. The zero-order valence-electron chi connectivity index (χ0n) is 10.3. The van der Waals surface area contributed by atoms with E-state index in [-0.39, 0.29) is 12.3 Å². The van der Waals surface area contributed by atoms with Gasteiger partial charge in [0.2, 0.25) is 11.8 Å². The van der Waals surface area contributed by atoms with E-state index in [4.69, 9.17) is 0 Å². The van der Waals surface area contributed by atoms with Gasteiger partial charge < -0.3 is 5.32 Å². The maximum atomic E-state index is 11.9. The average molecular weight is 248 g/mol. The largest absolute Gasteiger partial charge is 0.340 e. The number of imide groups is 1. The van der Waals surface area contributed by atoms with Gasteiger partial charge in [0.1, 0.15) is 6.04 Å². The normalized spacial score (nSPS) is 20.6. The van der Waals surface area contributed by atoms with Crippen molar-refractivity contribution in [3.05, 3.63) is 36.5 Å². The molecule has 0 radical (unpaired) electrons. The second-order valence-electron chi connectivity index (χ2n) is 3.98. The van der Waals surface area contributed by atoms with E-state index in [1.807, 2.05) is 0 Å². The standard InChI is InChI=1S/C13H16N2O3/c1-4-8(3)9(5-2)12(17)14-10-6-7-11(16)15-13(10)18/h4-5,10H,1-2,6-7H2,3H3,(H,14,17)(H,15,16,18)/b9-8+. The van der Waals surface area contributed by atoms with E-state index in [0.717, 1.165) is 0 Å². The third-order valence-corrected chi connectivity index (χ3v) is 2.72. The molecule has 18 heavy (non-hydrogen) atoms. The van der Waals surface area contributed by atoms with Gasteiger partial charge in [0, 0.05) is 12.0 Å². The molecule has 0 saturated carbocycles. The molecule has 1 rings (SSSR count). The molecule has 0 aliphatic carbocycles. The van der Waals surface area contributed by atoms with Crippen LogP contribution >= 0.6 is 0 Å². The van der Waals surface area contributed by atoms with Crippen LogP contribution < -0.4 is 10.6 Å². The lowest BCUT2D eigenvalue weighted by atomic mass is 10.0. The lowest BCUT2D eigenvalue weighted by Gasteiger charge is -2.22. The monoisotopic (exact) mass is 248 g/mol. The van der Waals surface area contributed by atoms with Crippen molar-refractivity contribution in [1.82, 2.24) is 10.6 Å². The van der Waals surface area contributed by atoms with Crippen LogP contribution in [0.1, 0.15) is 19.8 Å². The molecule has 1 fully saturated rings. The van der Waals surface area contributed by atoms with Crippen molar-refractivity contribution < 1.29 is 14.4 Å². The van der Waals surface area contributed by atoms with Gasteiger partial charge in [0.25, 0.3) is 5.91 Å². The summed E-state index contributed by atoms with van der Waals surface area (Å²) in [6, 6.07) is -0.678. The van der Waals surface area contributed by atoms with Crippen LogP contribution in [0.2, 0.25) is 0 Å². The fourth-order valence-electron chi connectivity index (χ4n) is 1.61. The van der Waals surface area contributed by atoms with E-state index in [0.29, 0.717) is 17.6 Å². The van der Waals surface area contributed by atoms with Crippen LogP contribution in [0, 0.1) is 0 Å². The number of nitrogens with one attached hydrogen (secondary N) is 2. The summed E-state index contributed by atoms with van der Waals surface area (Å²) in [6.45, 7) is 8.86. The van der Waals surface area contributed by atoms with Crippen molar-refractivity contribution in [2.24, 2.45) is 0 Å². The molecular formula is C13H16N2O3. The van der Waals surface area contributed by atoms with Crippen molar-refractivity contribution >= 4 is 17.7 Å². The van der Waals surface area contributed by atoms with Crippen LogP contribution in [-0.2, 0) is 14.4 Å². The molecule has 0 spiro atoms. The molecule has 0 aromatic carbocycles. The summed E-state index contributed by atoms with van der Waals surface area (Å²) < 4.78 is 0. The fraction of sp³-hybridized carbons (Fsp3) is 0.308. The molecule has 0 aromatic heterocycles. The molecule has 1 atom stereocenters. The highest BCUT2D eigenvalue weighted by Gasteiger charge is 2.28. The molecule has 96 valence electrons. The SMILES string of the molecule is C=C/C(C)=C(\C=C)C(=O)NC1CCC(=O)NC1=O. The van der Waals surface area contributed by atoms with Crippen molar-refractivity contribution in [1.29, 1.82) is 0 Å². The second kappa shape index (κ2) is 5.95. The third-order valence-electron chi connectivity index (χ3n) is 2.72. The van der Waals surface area contributed by atoms with Gasteiger partial charge >= 0.3 is 0 Å². The van der Waals surface area contributed by atoms with E-state index in [1.54, 1.807) is 13.0 Å². The lowest BCUT2D eigenvalue weighted by molar-refractivity contribution is -0.136. The van der Waals surface area contributed by atoms with E-state index < -0.39 is 17.9 Å². The van der Waals surface area contributed by atoms with Gasteiger partial charge in [-0.1, -0.05) is 25.3 Å². The second-order valence-corrected chi connectivity index (χ2v) is 3.98. The van der Waals surface area contributed by atoms with Crippen LogP contribution in [0.4, 0.5) is 0 Å². The Balaban J connectivity index is 2.76. The number of amides is 3. The molecule has 1 unspecified atom stereocenters. The van der Waals surface area contributed by atoms with Crippen LogP contribution in [0.5, 0.6) is 0 Å². The Kier molecular flexibility index (Phi) is 4.59. The molecule has 1 aliphatic rings. The number of piperidine rings is 1. The van der Waals surface area contributed by atoms with Gasteiger partial charge in [0.05, 0.1) is 0 Å². The maximum absolute atomic E-state index is 11.9. The average Bonchev–Trinajstić information content (AvgIpc) is 2.33. The van der Waals surface area contributed by atoms with E-state index in [2.05, 4.69) is 23.8 Å². The Morgan fingerprint density at radius 2 is 2.06 bits per heavy atom. The molecule has 1 saturated heterocycles. The molecule has 1 aliphatic heterocycles. The highest BCUT2D eigenvalue weighted by atomic mass is 16.2. The minimum atomic E-state index is -0.678. The summed E-state index contributed by atoms with van der Waals surface area (Å²) in [5.41, 5.74) is 1.05. The summed E-state index contributed by atoms with van der Waals surface area (Å²) in [5, 5.41) is 4.76. The number of carbonyl (C=O) groups is 3. The van der Waals surface area contributed by atoms with Crippen molar-refractivity contribution in [2.45, 2.75) is 25.8 Å². The topological polar surface area (TPSA) is 75.3 Å². The predicted molar refractivity (Wildman–Crippen MR) is 67.4 cm³/mol. The lowest BCUT2D eigenvalue weighted by Crippen LogP contribution is -2.52. The molecule has 0 bridgehead atoms. The highest BCUT2D eigenvalue weighted by Crippen LogP contribution is 2.09. The van der Waals surface area contributed by atoms with Crippen molar-refractivity contribution in [2.75, 3.05) is 0 Å². The minimum absolute atomic E-state index is 0.226. The summed E-state index contributed by atoms with van der Waals surface area (Å²) in [5.74, 6) is -1.18. The smallest absolute Gasteiger partial charge is 0.252 e. The fourth-order valence-corrected chi connectivity index (χ4v) is 1.61. The summed E-state index contributed by atoms with van der Waals surface area (Å²) >= 11 is 0. The van der Waals surface area contributed by atoms with Gasteiger partial charge in [-0.15, -0.1) is 0 Å². The minimum Gasteiger partial charge on any atom is -0.340 e. The van der Waals surface area contributed by atoms with Gasteiger partial charge in [-0.25, -0.2) is 0 Å². The summed E-state index contributed by atoms with van der Waals surface area (Å²) in [6.07, 6.45) is 3.50. The first-order valence-electron chi connectivity index (χ1n) is 5.60. The first-order chi connectivity index (χ1) is 8.49. The summed E-state index contributed by atoms with van der Waals surface area (Å²) in [4.78, 5) is 34.4. The van der Waals surface area contributed by atoms with E-state index in [9.17, 15) is 14.4 Å². The predicted octanol–water partition coefficient (Wildman–Crippen LogP) is 0.596. The molecule has 1 heterocycles. The number of carbonyl (C=O) groups excluding carboxylic acids is 3. The first-order valence-corrected chi connectivity index (χ1v) is 5.60. The number of allylic oxidation sites excluding steroid dienone is 2. The third kappa shape index (κ3) is 3.16.